The molecule has 0 aliphatic rings. The van der Waals surface area contributed by atoms with Gasteiger partial charge in [0.15, 0.2) is 0 Å². The topological polar surface area (TPSA) is 41.1 Å². The second-order valence-electron chi connectivity index (χ2n) is 3.78. The summed E-state index contributed by atoms with van der Waals surface area (Å²) in [5.41, 5.74) is 0. The minimum absolute atomic E-state index is 0.0380. The van der Waals surface area contributed by atoms with E-state index in [0.29, 0.717) is 5.92 Å². The van der Waals surface area contributed by atoms with Crippen molar-refractivity contribution in [2.24, 2.45) is 5.92 Å². The highest BCUT2D eigenvalue weighted by atomic mass is 32.1. The molecule has 1 heterocycles. The Hall–Kier alpha value is -0.870. The maximum absolute atomic E-state index is 11.6. The maximum Gasteiger partial charge on any atom is 0.261 e. The second kappa shape index (κ2) is 5.88. The molecule has 0 aliphatic heterocycles. The molecule has 1 atom stereocenters. The van der Waals surface area contributed by atoms with Crippen LogP contribution in [0.2, 0.25) is 0 Å². The fraction of sp³-hybridized carbons (Fsp3) is 0.545. The molecule has 0 saturated heterocycles. The zero-order valence-electron chi connectivity index (χ0n) is 9.46. The van der Waals surface area contributed by atoms with E-state index in [1.807, 2.05) is 26.1 Å². The first-order chi connectivity index (χ1) is 7.13. The van der Waals surface area contributed by atoms with Crippen LogP contribution in [0.25, 0.3) is 0 Å². The Kier molecular flexibility index (Phi) is 4.78. The third kappa shape index (κ3) is 4.01. The molecule has 0 saturated carbocycles. The van der Waals surface area contributed by atoms with Gasteiger partial charge in [-0.15, -0.1) is 11.3 Å². The third-order valence-electron chi connectivity index (χ3n) is 2.13. The lowest BCUT2D eigenvalue weighted by Gasteiger charge is -2.10. The number of nitrogens with one attached hydrogen (secondary N) is 2. The molecule has 1 rings (SSSR count). The van der Waals surface area contributed by atoms with Crippen molar-refractivity contribution in [2.45, 2.75) is 13.8 Å². The Morgan fingerprint density at radius 3 is 2.73 bits per heavy atom. The number of amides is 1. The van der Waals surface area contributed by atoms with Crippen LogP contribution in [0.5, 0.6) is 0 Å². The van der Waals surface area contributed by atoms with E-state index >= 15 is 0 Å². The summed E-state index contributed by atoms with van der Waals surface area (Å²) in [5.74, 6) is 0.496. The molecule has 0 bridgehead atoms. The van der Waals surface area contributed by atoms with Crippen LogP contribution >= 0.6 is 11.3 Å². The Morgan fingerprint density at radius 2 is 2.20 bits per heavy atom. The minimum Gasteiger partial charge on any atom is -0.351 e. The first-order valence-corrected chi connectivity index (χ1v) is 5.94. The molecule has 0 radical (unpaired) electrons. The molecule has 4 heteroatoms. The monoisotopic (exact) mass is 226 g/mol. The van der Waals surface area contributed by atoms with Gasteiger partial charge in [0, 0.05) is 11.4 Å². The Labute approximate surface area is 94.9 Å². The SMILES string of the molecule is CNCC(C)CNC(=O)c1ccc(C)s1. The van der Waals surface area contributed by atoms with E-state index in [9.17, 15) is 4.79 Å². The molecule has 1 amide bonds. The Morgan fingerprint density at radius 1 is 1.47 bits per heavy atom. The average Bonchev–Trinajstić information content (AvgIpc) is 2.62. The van der Waals surface area contributed by atoms with Crippen LogP contribution in [0, 0.1) is 12.8 Å². The second-order valence-corrected chi connectivity index (χ2v) is 5.07. The first-order valence-electron chi connectivity index (χ1n) is 5.12. The van der Waals surface area contributed by atoms with Crippen LogP contribution < -0.4 is 10.6 Å². The van der Waals surface area contributed by atoms with Crippen LogP contribution in [0.3, 0.4) is 0 Å². The molecular weight excluding hydrogens is 208 g/mol. The maximum atomic E-state index is 11.6. The quantitative estimate of drug-likeness (QED) is 0.801. The third-order valence-corrected chi connectivity index (χ3v) is 3.13. The molecule has 3 nitrogen and oxygen atoms in total. The largest absolute Gasteiger partial charge is 0.351 e. The van der Waals surface area contributed by atoms with Gasteiger partial charge in [-0.1, -0.05) is 6.92 Å². The van der Waals surface area contributed by atoms with E-state index in [0.717, 1.165) is 18.0 Å². The van der Waals surface area contributed by atoms with E-state index in [1.165, 1.54) is 16.2 Å². The van der Waals surface area contributed by atoms with Crippen LogP contribution in [-0.4, -0.2) is 26.0 Å². The summed E-state index contributed by atoms with van der Waals surface area (Å²) >= 11 is 1.53. The summed E-state index contributed by atoms with van der Waals surface area (Å²) < 4.78 is 0. The number of carbonyl (C=O) groups excluding carboxylic acids is 1. The molecule has 0 aromatic carbocycles. The number of aryl methyl sites for hydroxylation is 1. The molecule has 1 aromatic heterocycles. The normalized spacial score (nSPS) is 12.5. The van der Waals surface area contributed by atoms with E-state index in [4.69, 9.17) is 0 Å². The lowest BCUT2D eigenvalue weighted by Crippen LogP contribution is -2.31. The van der Waals surface area contributed by atoms with Crippen molar-refractivity contribution in [3.8, 4) is 0 Å². The van der Waals surface area contributed by atoms with Crippen LogP contribution in [0.15, 0.2) is 12.1 Å². The number of rotatable bonds is 5. The zero-order chi connectivity index (χ0) is 11.3. The van der Waals surface area contributed by atoms with Gasteiger partial charge in [0.05, 0.1) is 4.88 Å². The predicted octanol–water partition coefficient (Wildman–Crippen LogP) is 1.64. The van der Waals surface area contributed by atoms with E-state index < -0.39 is 0 Å². The molecular formula is C11H18N2OS. The van der Waals surface area contributed by atoms with Gasteiger partial charge < -0.3 is 10.6 Å². The molecule has 0 fully saturated rings. The first kappa shape index (κ1) is 12.2. The van der Waals surface area contributed by atoms with Crippen molar-refractivity contribution in [2.75, 3.05) is 20.1 Å². The summed E-state index contributed by atoms with van der Waals surface area (Å²) in [6.45, 7) is 5.75. The molecule has 84 valence electrons. The minimum atomic E-state index is 0.0380. The van der Waals surface area contributed by atoms with E-state index in [1.54, 1.807) is 0 Å². The fourth-order valence-corrected chi connectivity index (χ4v) is 2.12. The van der Waals surface area contributed by atoms with E-state index in [2.05, 4.69) is 17.6 Å². The molecule has 0 spiro atoms. The lowest BCUT2D eigenvalue weighted by molar-refractivity contribution is 0.0952. The Balaban J connectivity index is 2.36. The van der Waals surface area contributed by atoms with Crippen LogP contribution in [0.1, 0.15) is 21.5 Å². The fourth-order valence-electron chi connectivity index (χ4n) is 1.33. The van der Waals surface area contributed by atoms with Crippen molar-refractivity contribution in [1.82, 2.24) is 10.6 Å². The summed E-state index contributed by atoms with van der Waals surface area (Å²) in [7, 11) is 1.92. The molecule has 1 unspecified atom stereocenters. The van der Waals surface area contributed by atoms with E-state index in [-0.39, 0.29) is 5.91 Å². The smallest absolute Gasteiger partial charge is 0.261 e. The lowest BCUT2D eigenvalue weighted by atomic mass is 10.2. The van der Waals surface area contributed by atoms with Gasteiger partial charge in [-0.05, 0) is 38.6 Å². The van der Waals surface area contributed by atoms with Gasteiger partial charge in [-0.3, -0.25) is 4.79 Å². The summed E-state index contributed by atoms with van der Waals surface area (Å²) in [6, 6.07) is 3.84. The molecule has 15 heavy (non-hydrogen) atoms. The van der Waals surface area contributed by atoms with Crippen LogP contribution in [0.4, 0.5) is 0 Å². The van der Waals surface area contributed by atoms with Crippen molar-refractivity contribution in [1.29, 1.82) is 0 Å². The summed E-state index contributed by atoms with van der Waals surface area (Å²) in [6.07, 6.45) is 0. The zero-order valence-corrected chi connectivity index (χ0v) is 10.3. The number of hydrogen-bond acceptors (Lipinski definition) is 3. The summed E-state index contributed by atoms with van der Waals surface area (Å²) in [5, 5.41) is 6.01. The van der Waals surface area contributed by atoms with Gasteiger partial charge >= 0.3 is 0 Å². The average molecular weight is 226 g/mol. The number of hydrogen-bond donors (Lipinski definition) is 2. The van der Waals surface area contributed by atoms with Gasteiger partial charge in [0.2, 0.25) is 0 Å². The highest BCUT2D eigenvalue weighted by molar-refractivity contribution is 7.13. The van der Waals surface area contributed by atoms with Crippen LogP contribution in [-0.2, 0) is 0 Å². The Bertz CT molecular complexity index is 322. The highest BCUT2D eigenvalue weighted by Crippen LogP contribution is 2.14. The van der Waals surface area contributed by atoms with Gasteiger partial charge in [0.25, 0.3) is 5.91 Å². The van der Waals surface area contributed by atoms with Crippen molar-refractivity contribution < 1.29 is 4.79 Å². The van der Waals surface area contributed by atoms with Gasteiger partial charge in [0.1, 0.15) is 0 Å². The molecule has 2 N–H and O–H groups in total. The summed E-state index contributed by atoms with van der Waals surface area (Å²) in [4.78, 5) is 13.6. The van der Waals surface area contributed by atoms with Crippen molar-refractivity contribution in [3.05, 3.63) is 21.9 Å². The molecule has 1 aromatic rings. The highest BCUT2D eigenvalue weighted by Gasteiger charge is 2.08. The van der Waals surface area contributed by atoms with Crippen molar-refractivity contribution in [3.63, 3.8) is 0 Å². The van der Waals surface area contributed by atoms with Gasteiger partial charge in [-0.25, -0.2) is 0 Å². The number of carbonyl (C=O) groups is 1. The van der Waals surface area contributed by atoms with Gasteiger partial charge in [-0.2, -0.15) is 0 Å². The number of thiophene rings is 1. The predicted molar refractivity (Wildman–Crippen MR) is 64.5 cm³/mol. The standard InChI is InChI=1S/C11H18N2OS/c1-8(6-12-3)7-13-11(14)10-5-4-9(2)15-10/h4-5,8,12H,6-7H2,1-3H3,(H,13,14). The van der Waals surface area contributed by atoms with Crippen molar-refractivity contribution >= 4 is 17.2 Å². The molecule has 0 aliphatic carbocycles.